The van der Waals surface area contributed by atoms with Gasteiger partial charge in [-0.05, 0) is 44.5 Å². The van der Waals surface area contributed by atoms with Crippen molar-refractivity contribution in [3.63, 3.8) is 0 Å². The maximum atomic E-state index is 11.8. The van der Waals surface area contributed by atoms with E-state index < -0.39 is 0 Å². The monoisotopic (exact) mass is 250 g/mol. The van der Waals surface area contributed by atoms with Crippen molar-refractivity contribution >= 4 is 11.6 Å². The number of rotatable bonds is 6. The Morgan fingerprint density at radius 2 is 1.94 bits per heavy atom. The molecule has 0 aliphatic heterocycles. The summed E-state index contributed by atoms with van der Waals surface area (Å²) in [5, 5.41) is 2.85. The molecule has 1 aromatic rings. The molecule has 0 saturated heterocycles. The summed E-state index contributed by atoms with van der Waals surface area (Å²) >= 11 is 0. The third kappa shape index (κ3) is 4.37. The minimum atomic E-state index is -0.128. The van der Waals surface area contributed by atoms with E-state index in [-0.39, 0.29) is 17.9 Å². The molecule has 18 heavy (non-hydrogen) atoms. The van der Waals surface area contributed by atoms with Gasteiger partial charge in [-0.1, -0.05) is 6.92 Å². The van der Waals surface area contributed by atoms with Crippen molar-refractivity contribution < 1.29 is 9.53 Å². The highest BCUT2D eigenvalue weighted by molar-refractivity contribution is 5.92. The van der Waals surface area contributed by atoms with Crippen LogP contribution in [0, 0.1) is 5.92 Å². The summed E-state index contributed by atoms with van der Waals surface area (Å²) in [6.07, 6.45) is 0.892. The van der Waals surface area contributed by atoms with Gasteiger partial charge in [-0.3, -0.25) is 4.79 Å². The molecule has 0 heterocycles. The first kappa shape index (κ1) is 14.5. The highest BCUT2D eigenvalue weighted by Crippen LogP contribution is 2.17. The molecule has 1 unspecified atom stereocenters. The lowest BCUT2D eigenvalue weighted by Crippen LogP contribution is -2.28. The minimum absolute atomic E-state index is 0.0301. The summed E-state index contributed by atoms with van der Waals surface area (Å²) in [7, 11) is 0. The first-order valence-corrected chi connectivity index (χ1v) is 6.34. The second-order valence-corrected chi connectivity index (χ2v) is 4.52. The molecule has 0 spiro atoms. The van der Waals surface area contributed by atoms with E-state index in [0.29, 0.717) is 6.54 Å². The standard InChI is InChI=1S/C14H22N2O2/c1-4-11(9-15)14(17)16-12-5-7-13(8-6-12)18-10(2)3/h5-8,10-11H,4,9,15H2,1-3H3,(H,16,17). The van der Waals surface area contributed by atoms with E-state index in [1.54, 1.807) is 0 Å². The Bertz CT molecular complexity index is 370. The van der Waals surface area contributed by atoms with Crippen molar-refractivity contribution in [2.45, 2.75) is 33.3 Å². The molecule has 1 rings (SSSR count). The average molecular weight is 250 g/mol. The summed E-state index contributed by atoms with van der Waals surface area (Å²) < 4.78 is 5.53. The van der Waals surface area contributed by atoms with Gasteiger partial charge in [-0.15, -0.1) is 0 Å². The van der Waals surface area contributed by atoms with Crippen LogP contribution in [-0.2, 0) is 4.79 Å². The van der Waals surface area contributed by atoms with Crippen molar-refractivity contribution in [1.82, 2.24) is 0 Å². The zero-order chi connectivity index (χ0) is 13.5. The second kappa shape index (κ2) is 7.01. The van der Waals surface area contributed by atoms with Gasteiger partial charge >= 0.3 is 0 Å². The number of ether oxygens (including phenoxy) is 1. The molecule has 1 amide bonds. The fraction of sp³-hybridized carbons (Fsp3) is 0.500. The Hall–Kier alpha value is -1.55. The van der Waals surface area contributed by atoms with Gasteiger partial charge in [0.15, 0.2) is 0 Å². The van der Waals surface area contributed by atoms with Gasteiger partial charge in [0, 0.05) is 12.2 Å². The SMILES string of the molecule is CCC(CN)C(=O)Nc1ccc(OC(C)C)cc1. The van der Waals surface area contributed by atoms with Crippen LogP contribution >= 0.6 is 0 Å². The molecular formula is C14H22N2O2. The van der Waals surface area contributed by atoms with Crippen LogP contribution in [0.2, 0.25) is 0 Å². The molecule has 1 aromatic carbocycles. The molecule has 3 N–H and O–H groups in total. The molecule has 100 valence electrons. The number of nitrogens with one attached hydrogen (secondary N) is 1. The maximum Gasteiger partial charge on any atom is 0.228 e. The fourth-order valence-corrected chi connectivity index (χ4v) is 1.59. The molecular weight excluding hydrogens is 228 g/mol. The van der Waals surface area contributed by atoms with Crippen LogP contribution in [-0.4, -0.2) is 18.6 Å². The molecule has 4 heteroatoms. The van der Waals surface area contributed by atoms with Crippen molar-refractivity contribution in [3.8, 4) is 5.75 Å². The third-order valence-electron chi connectivity index (χ3n) is 2.64. The molecule has 1 atom stereocenters. The van der Waals surface area contributed by atoms with Crippen molar-refractivity contribution in [3.05, 3.63) is 24.3 Å². The van der Waals surface area contributed by atoms with Gasteiger partial charge < -0.3 is 15.8 Å². The third-order valence-corrected chi connectivity index (χ3v) is 2.64. The summed E-state index contributed by atoms with van der Waals surface area (Å²) in [5.41, 5.74) is 6.30. The minimum Gasteiger partial charge on any atom is -0.491 e. The van der Waals surface area contributed by atoms with E-state index in [2.05, 4.69) is 5.32 Å². The van der Waals surface area contributed by atoms with E-state index in [1.807, 2.05) is 45.0 Å². The zero-order valence-corrected chi connectivity index (χ0v) is 11.3. The molecule has 0 saturated carbocycles. The van der Waals surface area contributed by atoms with Gasteiger partial charge in [0.2, 0.25) is 5.91 Å². The van der Waals surface area contributed by atoms with Crippen molar-refractivity contribution in [2.24, 2.45) is 11.7 Å². The lowest BCUT2D eigenvalue weighted by molar-refractivity contribution is -0.119. The maximum absolute atomic E-state index is 11.8. The fourth-order valence-electron chi connectivity index (χ4n) is 1.59. The topological polar surface area (TPSA) is 64.4 Å². The highest BCUT2D eigenvalue weighted by Gasteiger charge is 2.14. The molecule has 0 radical (unpaired) electrons. The summed E-state index contributed by atoms with van der Waals surface area (Å²) in [6.45, 7) is 6.28. The first-order chi connectivity index (χ1) is 8.56. The Labute approximate surface area is 109 Å². The van der Waals surface area contributed by atoms with Crippen LogP contribution in [0.4, 0.5) is 5.69 Å². The lowest BCUT2D eigenvalue weighted by Gasteiger charge is -2.13. The number of hydrogen-bond acceptors (Lipinski definition) is 3. The van der Waals surface area contributed by atoms with Gasteiger partial charge in [0.1, 0.15) is 5.75 Å². The number of anilines is 1. The number of nitrogens with two attached hydrogens (primary N) is 1. The summed E-state index contributed by atoms with van der Waals surface area (Å²) in [6, 6.07) is 7.36. The highest BCUT2D eigenvalue weighted by atomic mass is 16.5. The van der Waals surface area contributed by atoms with Gasteiger partial charge in [0.05, 0.1) is 12.0 Å². The van der Waals surface area contributed by atoms with Crippen molar-refractivity contribution in [2.75, 3.05) is 11.9 Å². The Morgan fingerprint density at radius 3 is 2.39 bits per heavy atom. The number of benzene rings is 1. The molecule has 0 aliphatic carbocycles. The molecule has 4 nitrogen and oxygen atoms in total. The predicted octanol–water partition coefficient (Wildman–Crippen LogP) is 2.40. The second-order valence-electron chi connectivity index (χ2n) is 4.52. The van der Waals surface area contributed by atoms with Crippen LogP contribution in [0.25, 0.3) is 0 Å². The lowest BCUT2D eigenvalue weighted by atomic mass is 10.1. The van der Waals surface area contributed by atoms with E-state index in [9.17, 15) is 4.79 Å². The van der Waals surface area contributed by atoms with E-state index in [1.165, 1.54) is 0 Å². The quantitative estimate of drug-likeness (QED) is 0.814. The molecule has 0 aromatic heterocycles. The van der Waals surface area contributed by atoms with E-state index in [0.717, 1.165) is 17.9 Å². The molecule has 0 bridgehead atoms. The first-order valence-electron chi connectivity index (χ1n) is 6.34. The van der Waals surface area contributed by atoms with Crippen LogP contribution in [0.3, 0.4) is 0 Å². The average Bonchev–Trinajstić information content (AvgIpc) is 2.32. The van der Waals surface area contributed by atoms with Gasteiger partial charge in [-0.2, -0.15) is 0 Å². The van der Waals surface area contributed by atoms with Gasteiger partial charge in [0.25, 0.3) is 0 Å². The van der Waals surface area contributed by atoms with E-state index >= 15 is 0 Å². The van der Waals surface area contributed by atoms with Crippen LogP contribution in [0.1, 0.15) is 27.2 Å². The van der Waals surface area contributed by atoms with Crippen LogP contribution in [0.15, 0.2) is 24.3 Å². The van der Waals surface area contributed by atoms with Crippen LogP contribution in [0.5, 0.6) is 5.75 Å². The smallest absolute Gasteiger partial charge is 0.228 e. The Morgan fingerprint density at radius 1 is 1.33 bits per heavy atom. The molecule has 0 aliphatic rings. The summed E-state index contributed by atoms with van der Waals surface area (Å²) in [4.78, 5) is 11.8. The van der Waals surface area contributed by atoms with Gasteiger partial charge in [-0.25, -0.2) is 0 Å². The largest absolute Gasteiger partial charge is 0.491 e. The Kier molecular flexibility index (Phi) is 5.65. The number of amides is 1. The van der Waals surface area contributed by atoms with Crippen LogP contribution < -0.4 is 15.8 Å². The predicted molar refractivity (Wildman–Crippen MR) is 73.7 cm³/mol. The van der Waals surface area contributed by atoms with E-state index in [4.69, 9.17) is 10.5 Å². The number of carbonyl (C=O) groups is 1. The normalized spacial score (nSPS) is 12.3. The zero-order valence-electron chi connectivity index (χ0n) is 11.3. The summed E-state index contributed by atoms with van der Waals surface area (Å²) in [5.74, 6) is 0.642. The number of hydrogen-bond donors (Lipinski definition) is 2. The van der Waals surface area contributed by atoms with Crippen molar-refractivity contribution in [1.29, 1.82) is 0 Å². The Balaban J connectivity index is 2.60. The number of carbonyl (C=O) groups excluding carboxylic acids is 1. The molecule has 0 fully saturated rings.